The third-order valence-electron chi connectivity index (χ3n) is 3.50. The fourth-order valence-corrected chi connectivity index (χ4v) is 2.30. The SMILES string of the molecule is CNc1cc([N+](=O)[O-])cc(OC2CCC(C)CC2)n1. The minimum atomic E-state index is -0.432. The van der Waals surface area contributed by atoms with Crippen molar-refractivity contribution in [2.75, 3.05) is 12.4 Å². The van der Waals surface area contributed by atoms with Crippen molar-refractivity contribution in [1.82, 2.24) is 4.98 Å². The van der Waals surface area contributed by atoms with E-state index in [9.17, 15) is 10.1 Å². The van der Waals surface area contributed by atoms with Gasteiger partial charge in [-0.15, -0.1) is 0 Å². The van der Waals surface area contributed by atoms with Crippen LogP contribution in [0, 0.1) is 16.0 Å². The molecule has 0 atom stereocenters. The molecule has 6 nitrogen and oxygen atoms in total. The van der Waals surface area contributed by atoms with Gasteiger partial charge in [-0.3, -0.25) is 10.1 Å². The van der Waals surface area contributed by atoms with Crippen LogP contribution >= 0.6 is 0 Å². The molecule has 0 spiro atoms. The fourth-order valence-electron chi connectivity index (χ4n) is 2.30. The van der Waals surface area contributed by atoms with Crippen molar-refractivity contribution in [2.45, 2.75) is 38.7 Å². The minimum absolute atomic E-state index is 0.00136. The number of aromatic nitrogens is 1. The highest BCUT2D eigenvalue weighted by molar-refractivity contribution is 5.47. The van der Waals surface area contributed by atoms with E-state index in [1.807, 2.05) is 0 Å². The first-order chi connectivity index (χ1) is 9.08. The molecule has 19 heavy (non-hydrogen) atoms. The van der Waals surface area contributed by atoms with Crippen molar-refractivity contribution < 1.29 is 9.66 Å². The van der Waals surface area contributed by atoms with Crippen LogP contribution in [0.3, 0.4) is 0 Å². The van der Waals surface area contributed by atoms with E-state index in [1.165, 1.54) is 12.1 Å². The Morgan fingerprint density at radius 1 is 1.37 bits per heavy atom. The second-order valence-electron chi connectivity index (χ2n) is 5.06. The zero-order valence-corrected chi connectivity index (χ0v) is 11.3. The molecule has 1 aromatic rings. The zero-order valence-electron chi connectivity index (χ0n) is 11.3. The first kappa shape index (κ1) is 13.6. The van der Waals surface area contributed by atoms with E-state index in [2.05, 4.69) is 17.2 Å². The summed E-state index contributed by atoms with van der Waals surface area (Å²) < 4.78 is 5.78. The molecule has 1 heterocycles. The van der Waals surface area contributed by atoms with Crippen LogP contribution in [0.1, 0.15) is 32.6 Å². The monoisotopic (exact) mass is 265 g/mol. The van der Waals surface area contributed by atoms with E-state index in [-0.39, 0.29) is 11.8 Å². The number of nitrogens with zero attached hydrogens (tertiary/aromatic N) is 2. The molecule has 1 aliphatic rings. The molecule has 0 amide bonds. The van der Waals surface area contributed by atoms with E-state index >= 15 is 0 Å². The average Bonchev–Trinajstić information content (AvgIpc) is 2.41. The highest BCUT2D eigenvalue weighted by Crippen LogP contribution is 2.28. The van der Waals surface area contributed by atoms with Crippen molar-refractivity contribution in [1.29, 1.82) is 0 Å². The van der Waals surface area contributed by atoms with Gasteiger partial charge >= 0.3 is 0 Å². The molecular weight excluding hydrogens is 246 g/mol. The quantitative estimate of drug-likeness (QED) is 0.669. The third-order valence-corrected chi connectivity index (χ3v) is 3.50. The Bertz CT molecular complexity index is 456. The van der Waals surface area contributed by atoms with Crippen LogP contribution in [0.2, 0.25) is 0 Å². The van der Waals surface area contributed by atoms with Gasteiger partial charge in [-0.05, 0) is 31.6 Å². The summed E-state index contributed by atoms with van der Waals surface area (Å²) in [6.07, 6.45) is 4.37. The molecule has 0 saturated heterocycles. The van der Waals surface area contributed by atoms with Gasteiger partial charge < -0.3 is 10.1 Å². The highest BCUT2D eigenvalue weighted by atomic mass is 16.6. The number of ether oxygens (including phenoxy) is 1. The van der Waals surface area contributed by atoms with Gasteiger partial charge in [0.2, 0.25) is 5.88 Å². The van der Waals surface area contributed by atoms with Gasteiger partial charge in [0.25, 0.3) is 5.69 Å². The van der Waals surface area contributed by atoms with E-state index in [0.29, 0.717) is 11.7 Å². The second kappa shape index (κ2) is 5.86. The number of nitro groups is 1. The van der Waals surface area contributed by atoms with Crippen molar-refractivity contribution in [3.63, 3.8) is 0 Å². The first-order valence-corrected chi connectivity index (χ1v) is 6.59. The lowest BCUT2D eigenvalue weighted by Crippen LogP contribution is -2.23. The Morgan fingerprint density at radius 2 is 2.05 bits per heavy atom. The van der Waals surface area contributed by atoms with Crippen molar-refractivity contribution in [3.05, 3.63) is 22.2 Å². The number of pyridine rings is 1. The van der Waals surface area contributed by atoms with Crippen LogP contribution in [-0.2, 0) is 0 Å². The van der Waals surface area contributed by atoms with E-state index in [0.717, 1.165) is 31.6 Å². The van der Waals surface area contributed by atoms with Gasteiger partial charge in [0.05, 0.1) is 17.1 Å². The smallest absolute Gasteiger partial charge is 0.278 e. The van der Waals surface area contributed by atoms with E-state index < -0.39 is 4.92 Å². The number of hydrogen-bond donors (Lipinski definition) is 1. The maximum absolute atomic E-state index is 10.9. The Kier molecular flexibility index (Phi) is 4.19. The maximum Gasteiger partial charge on any atom is 0.278 e. The van der Waals surface area contributed by atoms with Gasteiger partial charge in [0.1, 0.15) is 11.9 Å². The van der Waals surface area contributed by atoms with Crippen LogP contribution in [0.25, 0.3) is 0 Å². The average molecular weight is 265 g/mol. The molecule has 1 aromatic heterocycles. The molecule has 2 rings (SSSR count). The highest BCUT2D eigenvalue weighted by Gasteiger charge is 2.21. The van der Waals surface area contributed by atoms with Gasteiger partial charge in [0.15, 0.2) is 0 Å². The lowest BCUT2D eigenvalue weighted by Gasteiger charge is -2.26. The molecule has 6 heteroatoms. The van der Waals surface area contributed by atoms with Crippen LogP contribution in [-0.4, -0.2) is 23.1 Å². The van der Waals surface area contributed by atoms with Crippen LogP contribution in [0.15, 0.2) is 12.1 Å². The third kappa shape index (κ3) is 3.56. The Hall–Kier alpha value is -1.85. The standard InChI is InChI=1S/C13H19N3O3/c1-9-3-5-11(6-4-9)19-13-8-10(16(17)18)7-12(14-2)15-13/h7-9,11H,3-6H2,1-2H3,(H,14,15). The summed E-state index contributed by atoms with van der Waals surface area (Å²) in [4.78, 5) is 14.6. The molecule has 0 aromatic carbocycles. The van der Waals surface area contributed by atoms with Gasteiger partial charge in [0, 0.05) is 7.05 Å². The normalized spacial score (nSPS) is 22.8. The largest absolute Gasteiger partial charge is 0.474 e. The molecule has 0 unspecified atom stereocenters. The van der Waals surface area contributed by atoms with E-state index in [1.54, 1.807) is 7.05 Å². The molecule has 0 radical (unpaired) electrons. The molecule has 0 bridgehead atoms. The molecular formula is C13H19N3O3. The summed E-state index contributed by atoms with van der Waals surface area (Å²) in [7, 11) is 1.68. The van der Waals surface area contributed by atoms with E-state index in [4.69, 9.17) is 4.74 Å². The second-order valence-corrected chi connectivity index (χ2v) is 5.06. The van der Waals surface area contributed by atoms with Crippen molar-refractivity contribution in [3.8, 4) is 5.88 Å². The first-order valence-electron chi connectivity index (χ1n) is 6.59. The maximum atomic E-state index is 10.9. The molecule has 104 valence electrons. The lowest BCUT2D eigenvalue weighted by molar-refractivity contribution is -0.384. The Balaban J connectivity index is 2.10. The van der Waals surface area contributed by atoms with Crippen molar-refractivity contribution >= 4 is 11.5 Å². The van der Waals surface area contributed by atoms with Crippen LogP contribution in [0.5, 0.6) is 5.88 Å². The fraction of sp³-hybridized carbons (Fsp3) is 0.615. The number of rotatable bonds is 4. The Labute approximate surface area is 112 Å². The molecule has 1 fully saturated rings. The summed E-state index contributed by atoms with van der Waals surface area (Å²) in [6.45, 7) is 2.24. The summed E-state index contributed by atoms with van der Waals surface area (Å²) >= 11 is 0. The number of anilines is 1. The topological polar surface area (TPSA) is 77.3 Å². The summed E-state index contributed by atoms with van der Waals surface area (Å²) in [6, 6.07) is 2.79. The predicted molar refractivity (Wildman–Crippen MR) is 72.5 cm³/mol. The van der Waals surface area contributed by atoms with Crippen LogP contribution in [0.4, 0.5) is 11.5 Å². The summed E-state index contributed by atoms with van der Waals surface area (Å²) in [5.74, 6) is 1.53. The van der Waals surface area contributed by atoms with Crippen LogP contribution < -0.4 is 10.1 Å². The van der Waals surface area contributed by atoms with Gasteiger partial charge in [-0.25, -0.2) is 0 Å². The zero-order chi connectivity index (χ0) is 13.8. The van der Waals surface area contributed by atoms with Gasteiger partial charge in [-0.2, -0.15) is 4.98 Å². The van der Waals surface area contributed by atoms with Gasteiger partial charge in [-0.1, -0.05) is 6.92 Å². The molecule has 0 aliphatic heterocycles. The molecule has 1 saturated carbocycles. The van der Waals surface area contributed by atoms with Crippen molar-refractivity contribution in [2.24, 2.45) is 5.92 Å². The summed E-state index contributed by atoms with van der Waals surface area (Å²) in [5.41, 5.74) is -0.00136. The Morgan fingerprint density at radius 3 is 2.63 bits per heavy atom. The molecule has 1 N–H and O–H groups in total. The number of hydrogen-bond acceptors (Lipinski definition) is 5. The molecule has 1 aliphatic carbocycles. The summed E-state index contributed by atoms with van der Waals surface area (Å²) in [5, 5.41) is 13.7. The lowest BCUT2D eigenvalue weighted by atomic mass is 9.89. The predicted octanol–water partition coefficient (Wildman–Crippen LogP) is 2.99. The minimum Gasteiger partial charge on any atom is -0.474 e. The number of nitrogens with one attached hydrogen (secondary N) is 1.